The van der Waals surface area contributed by atoms with Gasteiger partial charge in [-0.05, 0) is 31.5 Å². The predicted octanol–water partition coefficient (Wildman–Crippen LogP) is 0.906. The van der Waals surface area contributed by atoms with Crippen LogP contribution in [0.1, 0.15) is 18.1 Å². The summed E-state index contributed by atoms with van der Waals surface area (Å²) in [6.07, 6.45) is -0.245. The van der Waals surface area contributed by atoms with E-state index in [1.807, 2.05) is 0 Å². The van der Waals surface area contributed by atoms with E-state index >= 15 is 0 Å². The maximum absolute atomic E-state index is 13.6. The van der Waals surface area contributed by atoms with Gasteiger partial charge in [0.2, 0.25) is 10.0 Å². The fourth-order valence-corrected chi connectivity index (χ4v) is 2.75. The smallest absolute Gasteiger partial charge is 0.240 e. The molecule has 0 aliphatic carbocycles. The number of nitrogens with one attached hydrogen (secondary N) is 1. The molecule has 1 atom stereocenters. The van der Waals surface area contributed by atoms with Crippen LogP contribution in [0.25, 0.3) is 0 Å². The highest BCUT2D eigenvalue weighted by Gasteiger charge is 2.18. The molecule has 108 valence electrons. The van der Waals surface area contributed by atoms with Gasteiger partial charge in [-0.15, -0.1) is 0 Å². The van der Waals surface area contributed by atoms with Gasteiger partial charge in [0.1, 0.15) is 5.82 Å². The highest BCUT2D eigenvalue weighted by molar-refractivity contribution is 7.89. The zero-order chi connectivity index (χ0) is 14.6. The maximum atomic E-state index is 13.6. The minimum atomic E-state index is -3.69. The first-order chi connectivity index (χ1) is 8.81. The molecule has 0 saturated heterocycles. The van der Waals surface area contributed by atoms with Gasteiger partial charge >= 0.3 is 0 Å². The third-order valence-electron chi connectivity index (χ3n) is 2.80. The molecule has 0 spiro atoms. The Balaban J connectivity index is 3.05. The van der Waals surface area contributed by atoms with Crippen LogP contribution in [0, 0.1) is 12.7 Å². The summed E-state index contributed by atoms with van der Waals surface area (Å²) in [4.78, 5) is 0.00940. The van der Waals surface area contributed by atoms with Gasteiger partial charge in [0.25, 0.3) is 0 Å². The summed E-state index contributed by atoms with van der Waals surface area (Å²) in [6.45, 7) is 3.34. The number of hydrogen-bond donors (Lipinski definition) is 2. The van der Waals surface area contributed by atoms with Crippen LogP contribution >= 0.6 is 0 Å². The highest BCUT2D eigenvalue weighted by Crippen LogP contribution is 2.18. The molecule has 0 radical (unpaired) electrons. The lowest BCUT2D eigenvalue weighted by atomic mass is 10.1. The third-order valence-corrected chi connectivity index (χ3v) is 4.20. The predicted molar refractivity (Wildman–Crippen MR) is 70.7 cm³/mol. The number of methoxy groups -OCH3 is 1. The summed E-state index contributed by atoms with van der Waals surface area (Å²) in [5.41, 5.74) is 5.83. The van der Waals surface area contributed by atoms with Crippen molar-refractivity contribution in [2.75, 3.05) is 13.7 Å². The first kappa shape index (κ1) is 16.0. The van der Waals surface area contributed by atoms with Crippen molar-refractivity contribution in [3.05, 3.63) is 29.1 Å². The van der Waals surface area contributed by atoms with Gasteiger partial charge < -0.3 is 10.5 Å². The molecule has 0 amide bonds. The van der Waals surface area contributed by atoms with E-state index in [9.17, 15) is 12.8 Å². The maximum Gasteiger partial charge on any atom is 0.240 e. The Morgan fingerprint density at radius 2 is 2.11 bits per heavy atom. The lowest BCUT2D eigenvalue weighted by Crippen LogP contribution is -2.31. The van der Waals surface area contributed by atoms with Crippen molar-refractivity contribution in [3.8, 4) is 0 Å². The molecule has 1 aromatic carbocycles. The van der Waals surface area contributed by atoms with Gasteiger partial charge in [0, 0.05) is 25.8 Å². The summed E-state index contributed by atoms with van der Waals surface area (Å²) in [5, 5.41) is 0. The summed E-state index contributed by atoms with van der Waals surface area (Å²) in [5.74, 6) is -0.466. The van der Waals surface area contributed by atoms with E-state index < -0.39 is 15.8 Å². The van der Waals surface area contributed by atoms with Crippen molar-refractivity contribution in [3.63, 3.8) is 0 Å². The lowest BCUT2D eigenvalue weighted by molar-refractivity contribution is 0.122. The van der Waals surface area contributed by atoms with Crippen molar-refractivity contribution in [2.45, 2.75) is 31.4 Å². The Morgan fingerprint density at radius 1 is 1.47 bits per heavy atom. The molecule has 1 rings (SSSR count). The van der Waals surface area contributed by atoms with Gasteiger partial charge in [-0.3, -0.25) is 0 Å². The van der Waals surface area contributed by atoms with Crippen molar-refractivity contribution in [1.82, 2.24) is 4.72 Å². The number of sulfonamides is 1. The molecule has 0 aliphatic heterocycles. The molecule has 19 heavy (non-hydrogen) atoms. The van der Waals surface area contributed by atoms with Crippen LogP contribution in [-0.4, -0.2) is 28.2 Å². The topological polar surface area (TPSA) is 81.4 Å². The molecular formula is C12H19FN2O3S. The van der Waals surface area contributed by atoms with Crippen molar-refractivity contribution in [1.29, 1.82) is 0 Å². The number of aryl methyl sites for hydroxylation is 1. The Hall–Kier alpha value is -1.02. The second-order valence-corrected chi connectivity index (χ2v) is 6.08. The number of benzene rings is 1. The van der Waals surface area contributed by atoms with E-state index in [0.29, 0.717) is 0 Å². The van der Waals surface area contributed by atoms with Crippen molar-refractivity contribution < 1.29 is 17.5 Å². The van der Waals surface area contributed by atoms with E-state index in [1.165, 1.54) is 26.2 Å². The molecule has 7 heteroatoms. The van der Waals surface area contributed by atoms with Crippen molar-refractivity contribution >= 4 is 10.0 Å². The summed E-state index contributed by atoms with van der Waals surface area (Å²) in [6, 6.07) is 2.54. The van der Waals surface area contributed by atoms with Crippen LogP contribution in [0.5, 0.6) is 0 Å². The SMILES string of the molecule is COC(C)CNS(=O)(=O)c1cc(C)c(F)c(CN)c1. The van der Waals surface area contributed by atoms with Crippen molar-refractivity contribution in [2.24, 2.45) is 5.73 Å². The zero-order valence-electron chi connectivity index (χ0n) is 11.2. The quantitative estimate of drug-likeness (QED) is 0.816. The molecule has 0 saturated carbocycles. The number of ether oxygens (including phenoxy) is 1. The minimum absolute atomic E-state index is 0.00940. The number of nitrogens with two attached hydrogens (primary N) is 1. The molecule has 5 nitrogen and oxygen atoms in total. The largest absolute Gasteiger partial charge is 0.380 e. The van der Waals surface area contributed by atoms with E-state index in [2.05, 4.69) is 4.72 Å². The van der Waals surface area contributed by atoms with E-state index in [-0.39, 0.29) is 35.2 Å². The Bertz CT molecular complexity index is 546. The molecule has 0 aliphatic rings. The van der Waals surface area contributed by atoms with Crippen LogP contribution in [0.2, 0.25) is 0 Å². The average Bonchev–Trinajstić information content (AvgIpc) is 2.38. The molecular weight excluding hydrogens is 271 g/mol. The zero-order valence-corrected chi connectivity index (χ0v) is 12.1. The molecule has 0 aromatic heterocycles. The fourth-order valence-electron chi connectivity index (χ4n) is 1.50. The standard InChI is InChI=1S/C12H19FN2O3S/c1-8-4-11(5-10(6-14)12(8)13)19(16,17)15-7-9(2)18-3/h4-5,9,15H,6-7,14H2,1-3H3. The molecule has 3 N–H and O–H groups in total. The normalized spacial score (nSPS) is 13.5. The Kier molecular flexibility index (Phi) is 5.42. The van der Waals surface area contributed by atoms with Crippen LogP contribution in [-0.2, 0) is 21.3 Å². The molecule has 0 fully saturated rings. The second-order valence-electron chi connectivity index (χ2n) is 4.32. The van der Waals surface area contributed by atoms with Gasteiger partial charge in [-0.1, -0.05) is 0 Å². The first-order valence-corrected chi connectivity index (χ1v) is 7.31. The molecule has 0 heterocycles. The van der Waals surface area contributed by atoms with Gasteiger partial charge in [-0.25, -0.2) is 17.5 Å². The second kappa shape index (κ2) is 6.42. The summed E-state index contributed by atoms with van der Waals surface area (Å²) >= 11 is 0. The number of hydrogen-bond acceptors (Lipinski definition) is 4. The lowest BCUT2D eigenvalue weighted by Gasteiger charge is -2.13. The molecule has 0 bridgehead atoms. The van der Waals surface area contributed by atoms with Gasteiger partial charge in [-0.2, -0.15) is 0 Å². The fraction of sp³-hybridized carbons (Fsp3) is 0.500. The summed E-state index contributed by atoms with van der Waals surface area (Å²) < 4.78 is 45.1. The first-order valence-electron chi connectivity index (χ1n) is 5.83. The Labute approximate surface area is 113 Å². The third kappa shape index (κ3) is 3.97. The monoisotopic (exact) mass is 290 g/mol. The van der Waals surface area contributed by atoms with E-state index in [0.717, 1.165) is 0 Å². The average molecular weight is 290 g/mol. The molecule has 1 unspecified atom stereocenters. The van der Waals surface area contributed by atoms with Crippen LogP contribution in [0.3, 0.4) is 0 Å². The van der Waals surface area contributed by atoms with E-state index in [1.54, 1.807) is 6.92 Å². The number of rotatable bonds is 6. The highest BCUT2D eigenvalue weighted by atomic mass is 32.2. The van der Waals surface area contributed by atoms with Crippen LogP contribution in [0.15, 0.2) is 17.0 Å². The van der Waals surface area contributed by atoms with Gasteiger partial charge in [0.15, 0.2) is 0 Å². The van der Waals surface area contributed by atoms with Crippen LogP contribution < -0.4 is 10.5 Å². The Morgan fingerprint density at radius 3 is 2.63 bits per heavy atom. The minimum Gasteiger partial charge on any atom is -0.380 e. The number of halogens is 1. The van der Waals surface area contributed by atoms with Crippen LogP contribution in [0.4, 0.5) is 4.39 Å². The van der Waals surface area contributed by atoms with E-state index in [4.69, 9.17) is 10.5 Å². The summed E-state index contributed by atoms with van der Waals surface area (Å²) in [7, 11) is -2.20. The molecule has 1 aromatic rings. The van der Waals surface area contributed by atoms with Gasteiger partial charge in [0.05, 0.1) is 11.0 Å².